The van der Waals surface area contributed by atoms with Gasteiger partial charge in [0, 0.05) is 6.54 Å². The number of hydrogen-bond donors (Lipinski definition) is 4. The number of imide groups is 1. The number of thioether (sulfide) groups is 1. The maximum atomic E-state index is 11.0. The SMILES string of the molecule is CCNC(=O)NC(=O)CSC(N)=NN. The molecule has 0 aliphatic heterocycles. The van der Waals surface area contributed by atoms with Gasteiger partial charge in [-0.2, -0.15) is 5.10 Å². The molecule has 0 saturated heterocycles. The number of carbonyl (C=O) groups excluding carboxylic acids is 2. The fraction of sp³-hybridized carbons (Fsp3) is 0.500. The number of nitrogens with two attached hydrogens (primary N) is 2. The molecule has 0 saturated carbocycles. The Bertz CT molecular complexity index is 242. The van der Waals surface area contributed by atoms with E-state index in [0.717, 1.165) is 11.8 Å². The lowest BCUT2D eigenvalue weighted by Gasteiger charge is -2.03. The van der Waals surface area contributed by atoms with Gasteiger partial charge >= 0.3 is 6.03 Å². The van der Waals surface area contributed by atoms with Crippen LogP contribution >= 0.6 is 11.8 Å². The summed E-state index contributed by atoms with van der Waals surface area (Å²) in [7, 11) is 0. The number of nitrogens with zero attached hydrogens (tertiary/aromatic N) is 1. The maximum Gasteiger partial charge on any atom is 0.321 e. The quantitative estimate of drug-likeness (QED) is 0.204. The van der Waals surface area contributed by atoms with Crippen molar-refractivity contribution >= 4 is 28.9 Å². The van der Waals surface area contributed by atoms with Gasteiger partial charge in [0.1, 0.15) is 0 Å². The van der Waals surface area contributed by atoms with E-state index < -0.39 is 11.9 Å². The maximum absolute atomic E-state index is 11.0. The van der Waals surface area contributed by atoms with E-state index in [-0.39, 0.29) is 10.9 Å². The average Bonchev–Trinajstić information content (AvgIpc) is 2.14. The van der Waals surface area contributed by atoms with Gasteiger partial charge in [-0.1, -0.05) is 11.8 Å². The molecule has 0 heterocycles. The lowest BCUT2D eigenvalue weighted by molar-refractivity contribution is -0.117. The number of nitrogens with one attached hydrogen (secondary N) is 2. The smallest absolute Gasteiger partial charge is 0.321 e. The highest BCUT2D eigenvalue weighted by molar-refractivity contribution is 8.14. The fourth-order valence-electron chi connectivity index (χ4n) is 0.544. The molecule has 0 aliphatic rings. The first-order valence-corrected chi connectivity index (χ1v) is 4.82. The molecule has 8 heteroatoms. The normalized spacial score (nSPS) is 10.8. The van der Waals surface area contributed by atoms with Crippen molar-refractivity contribution in [1.82, 2.24) is 10.6 Å². The number of amidine groups is 1. The summed E-state index contributed by atoms with van der Waals surface area (Å²) in [6, 6.07) is -0.527. The Labute approximate surface area is 85.7 Å². The van der Waals surface area contributed by atoms with E-state index in [1.165, 1.54) is 0 Å². The predicted molar refractivity (Wildman–Crippen MR) is 55.5 cm³/mol. The second-order valence-corrected chi connectivity index (χ2v) is 3.16. The first kappa shape index (κ1) is 12.6. The van der Waals surface area contributed by atoms with Crippen molar-refractivity contribution in [2.24, 2.45) is 16.7 Å². The van der Waals surface area contributed by atoms with E-state index in [1.54, 1.807) is 6.92 Å². The van der Waals surface area contributed by atoms with Gasteiger partial charge in [0.05, 0.1) is 5.75 Å². The summed E-state index contributed by atoms with van der Waals surface area (Å²) < 4.78 is 0. The number of hydrazone groups is 1. The largest absolute Gasteiger partial charge is 0.377 e. The van der Waals surface area contributed by atoms with Gasteiger partial charge in [-0.3, -0.25) is 10.1 Å². The lowest BCUT2D eigenvalue weighted by atomic mass is 10.6. The summed E-state index contributed by atoms with van der Waals surface area (Å²) in [4.78, 5) is 21.8. The summed E-state index contributed by atoms with van der Waals surface area (Å²) >= 11 is 0.955. The van der Waals surface area contributed by atoms with E-state index in [9.17, 15) is 9.59 Å². The van der Waals surface area contributed by atoms with Crippen LogP contribution in [-0.4, -0.2) is 29.4 Å². The van der Waals surface area contributed by atoms with Crippen molar-refractivity contribution in [1.29, 1.82) is 0 Å². The van der Waals surface area contributed by atoms with Crippen LogP contribution in [0.2, 0.25) is 0 Å². The fourth-order valence-corrected chi connectivity index (χ4v) is 0.970. The van der Waals surface area contributed by atoms with Crippen LogP contribution in [0.3, 0.4) is 0 Å². The van der Waals surface area contributed by atoms with Crippen LogP contribution in [0.4, 0.5) is 4.79 Å². The Kier molecular flexibility index (Phi) is 6.29. The Morgan fingerprint density at radius 1 is 1.50 bits per heavy atom. The highest BCUT2D eigenvalue weighted by Gasteiger charge is 2.07. The predicted octanol–water partition coefficient (Wildman–Crippen LogP) is -1.25. The first-order chi connectivity index (χ1) is 6.60. The Balaban J connectivity index is 3.71. The van der Waals surface area contributed by atoms with E-state index in [0.29, 0.717) is 6.54 Å². The second kappa shape index (κ2) is 7.01. The molecule has 0 fully saturated rings. The van der Waals surface area contributed by atoms with Crippen LogP contribution in [0.25, 0.3) is 0 Å². The molecule has 0 unspecified atom stereocenters. The van der Waals surface area contributed by atoms with Crippen LogP contribution in [0, 0.1) is 0 Å². The van der Waals surface area contributed by atoms with Gasteiger partial charge in [-0.25, -0.2) is 4.79 Å². The molecule has 0 atom stereocenters. The Morgan fingerprint density at radius 3 is 2.64 bits per heavy atom. The van der Waals surface area contributed by atoms with Crippen molar-refractivity contribution in [2.45, 2.75) is 6.92 Å². The van der Waals surface area contributed by atoms with Gasteiger partial charge in [-0.15, -0.1) is 0 Å². The molecule has 7 nitrogen and oxygen atoms in total. The highest BCUT2D eigenvalue weighted by atomic mass is 32.2. The van der Waals surface area contributed by atoms with E-state index in [1.807, 2.05) is 0 Å². The summed E-state index contributed by atoms with van der Waals surface area (Å²) in [5.74, 6) is 4.39. The molecule has 0 aromatic heterocycles. The third kappa shape index (κ3) is 6.12. The number of amides is 3. The minimum Gasteiger partial charge on any atom is -0.377 e. The van der Waals surface area contributed by atoms with Gasteiger partial charge in [0.15, 0.2) is 5.17 Å². The molecule has 0 aromatic rings. The molecule has 80 valence electrons. The van der Waals surface area contributed by atoms with Gasteiger partial charge in [0.25, 0.3) is 0 Å². The number of urea groups is 1. The van der Waals surface area contributed by atoms with Crippen molar-refractivity contribution in [3.05, 3.63) is 0 Å². The summed E-state index contributed by atoms with van der Waals surface area (Å²) in [5, 5.41) is 7.76. The van der Waals surface area contributed by atoms with Gasteiger partial charge in [-0.05, 0) is 6.92 Å². The van der Waals surface area contributed by atoms with Crippen LogP contribution in [0.1, 0.15) is 6.92 Å². The molecule has 0 aliphatic carbocycles. The molecule has 0 bridgehead atoms. The summed E-state index contributed by atoms with van der Waals surface area (Å²) in [6.07, 6.45) is 0. The van der Waals surface area contributed by atoms with Gasteiger partial charge < -0.3 is 16.9 Å². The van der Waals surface area contributed by atoms with E-state index in [4.69, 9.17) is 11.6 Å². The molecule has 0 radical (unpaired) electrons. The zero-order valence-electron chi connectivity index (χ0n) is 7.74. The second-order valence-electron chi connectivity index (χ2n) is 2.16. The Morgan fingerprint density at radius 2 is 2.14 bits per heavy atom. The van der Waals surface area contributed by atoms with Crippen LogP contribution in [0.5, 0.6) is 0 Å². The Hall–Kier alpha value is -1.44. The van der Waals surface area contributed by atoms with Crippen molar-refractivity contribution in [2.75, 3.05) is 12.3 Å². The summed E-state index contributed by atoms with van der Waals surface area (Å²) in [5.41, 5.74) is 5.22. The minimum atomic E-state index is -0.527. The monoisotopic (exact) mass is 219 g/mol. The molecular formula is C6H13N5O2S. The third-order valence-corrected chi connectivity index (χ3v) is 1.88. The topological polar surface area (TPSA) is 123 Å². The molecule has 6 N–H and O–H groups in total. The van der Waals surface area contributed by atoms with Crippen LogP contribution in [-0.2, 0) is 4.79 Å². The molecule has 3 amide bonds. The highest BCUT2D eigenvalue weighted by Crippen LogP contribution is 1.96. The minimum absolute atomic E-state index is 0.00364. The average molecular weight is 219 g/mol. The molecule has 14 heavy (non-hydrogen) atoms. The molecule has 0 spiro atoms. The number of rotatable bonds is 3. The van der Waals surface area contributed by atoms with Crippen LogP contribution in [0.15, 0.2) is 5.10 Å². The van der Waals surface area contributed by atoms with Crippen molar-refractivity contribution < 1.29 is 9.59 Å². The third-order valence-electron chi connectivity index (χ3n) is 1.07. The number of carbonyl (C=O) groups is 2. The molecule has 0 aromatic carbocycles. The lowest BCUT2D eigenvalue weighted by Crippen LogP contribution is -2.40. The zero-order chi connectivity index (χ0) is 11.0. The summed E-state index contributed by atoms with van der Waals surface area (Å²) in [6.45, 7) is 2.20. The standard InChI is InChI=1S/C6H13N5O2S/c1-2-9-6(13)10-4(12)3-14-5(7)11-8/h2-3,8H2,1H3,(H2,7,11)(H2,9,10,12,13). The van der Waals surface area contributed by atoms with E-state index >= 15 is 0 Å². The van der Waals surface area contributed by atoms with Crippen molar-refractivity contribution in [3.63, 3.8) is 0 Å². The molecular weight excluding hydrogens is 206 g/mol. The zero-order valence-corrected chi connectivity index (χ0v) is 8.56. The van der Waals surface area contributed by atoms with E-state index in [2.05, 4.69) is 15.7 Å². The van der Waals surface area contributed by atoms with Crippen molar-refractivity contribution in [3.8, 4) is 0 Å². The molecule has 0 rings (SSSR count). The van der Waals surface area contributed by atoms with Crippen LogP contribution < -0.4 is 22.2 Å². The van der Waals surface area contributed by atoms with Gasteiger partial charge in [0.2, 0.25) is 5.91 Å². The number of hydrogen-bond acceptors (Lipinski definition) is 5. The first-order valence-electron chi connectivity index (χ1n) is 3.84.